The standard InChI is InChI=1S/C8H14N4O/c1-2-3-4-5-9-8(13)7-10-6-11-12-7/h6H,2-5H2,1H3,(H,9,13)(H,10,11,12). The van der Waals surface area contributed by atoms with Crippen molar-refractivity contribution in [3.63, 3.8) is 0 Å². The van der Waals surface area contributed by atoms with Gasteiger partial charge in [0.15, 0.2) is 0 Å². The molecule has 13 heavy (non-hydrogen) atoms. The predicted molar refractivity (Wildman–Crippen MR) is 48.2 cm³/mol. The van der Waals surface area contributed by atoms with Gasteiger partial charge in [-0.3, -0.25) is 9.89 Å². The molecular formula is C8H14N4O. The van der Waals surface area contributed by atoms with E-state index >= 15 is 0 Å². The highest BCUT2D eigenvalue weighted by Gasteiger charge is 2.05. The number of nitrogens with one attached hydrogen (secondary N) is 2. The number of carbonyl (C=O) groups is 1. The van der Waals surface area contributed by atoms with Gasteiger partial charge in [0.1, 0.15) is 6.33 Å². The van der Waals surface area contributed by atoms with Gasteiger partial charge in [-0.2, -0.15) is 5.10 Å². The lowest BCUT2D eigenvalue weighted by Crippen LogP contribution is -2.25. The highest BCUT2D eigenvalue weighted by molar-refractivity contribution is 5.90. The SMILES string of the molecule is CCCCCNC(=O)c1ncn[nH]1. The second-order valence-corrected chi connectivity index (χ2v) is 2.80. The van der Waals surface area contributed by atoms with Crippen molar-refractivity contribution in [1.29, 1.82) is 0 Å². The first-order chi connectivity index (χ1) is 6.34. The Morgan fingerprint density at radius 3 is 3.08 bits per heavy atom. The number of H-pyrrole nitrogens is 1. The van der Waals surface area contributed by atoms with Crippen molar-refractivity contribution in [3.05, 3.63) is 12.2 Å². The molecule has 0 radical (unpaired) electrons. The summed E-state index contributed by atoms with van der Waals surface area (Å²) in [6.45, 7) is 2.83. The molecule has 5 heteroatoms. The summed E-state index contributed by atoms with van der Waals surface area (Å²) in [6.07, 6.45) is 4.62. The predicted octanol–water partition coefficient (Wildman–Crippen LogP) is 0.725. The topological polar surface area (TPSA) is 70.7 Å². The van der Waals surface area contributed by atoms with E-state index in [1.54, 1.807) is 0 Å². The Labute approximate surface area is 76.9 Å². The fourth-order valence-corrected chi connectivity index (χ4v) is 0.976. The molecule has 1 aromatic heterocycles. The van der Waals surface area contributed by atoms with Gasteiger partial charge in [-0.25, -0.2) is 4.98 Å². The molecular weight excluding hydrogens is 168 g/mol. The minimum absolute atomic E-state index is 0.186. The Bertz CT molecular complexity index is 245. The van der Waals surface area contributed by atoms with Gasteiger partial charge < -0.3 is 5.32 Å². The minimum Gasteiger partial charge on any atom is -0.349 e. The van der Waals surface area contributed by atoms with Crippen LogP contribution in [0, 0.1) is 0 Å². The van der Waals surface area contributed by atoms with Crippen LogP contribution in [0.25, 0.3) is 0 Å². The Morgan fingerprint density at radius 2 is 2.46 bits per heavy atom. The van der Waals surface area contributed by atoms with E-state index in [0.29, 0.717) is 6.54 Å². The molecule has 0 bridgehead atoms. The summed E-state index contributed by atoms with van der Waals surface area (Å²) in [5.41, 5.74) is 0. The fourth-order valence-electron chi connectivity index (χ4n) is 0.976. The molecule has 0 saturated heterocycles. The third-order valence-corrected chi connectivity index (χ3v) is 1.70. The van der Waals surface area contributed by atoms with Crippen molar-refractivity contribution in [2.45, 2.75) is 26.2 Å². The monoisotopic (exact) mass is 182 g/mol. The molecule has 1 heterocycles. The molecule has 0 aromatic carbocycles. The summed E-state index contributed by atoms with van der Waals surface area (Å²) in [6, 6.07) is 0. The summed E-state index contributed by atoms with van der Waals surface area (Å²) in [4.78, 5) is 15.0. The molecule has 0 spiro atoms. The van der Waals surface area contributed by atoms with Crippen LogP contribution < -0.4 is 5.32 Å². The molecule has 72 valence electrons. The zero-order chi connectivity index (χ0) is 9.52. The van der Waals surface area contributed by atoms with Crippen LogP contribution in [0.3, 0.4) is 0 Å². The molecule has 0 fully saturated rings. The van der Waals surface area contributed by atoms with Gasteiger partial charge in [-0.05, 0) is 6.42 Å². The zero-order valence-electron chi connectivity index (χ0n) is 7.71. The van der Waals surface area contributed by atoms with E-state index in [4.69, 9.17) is 0 Å². The first kappa shape index (κ1) is 9.70. The number of aromatic nitrogens is 3. The number of nitrogens with zero attached hydrogens (tertiary/aromatic N) is 2. The summed E-state index contributed by atoms with van der Waals surface area (Å²) >= 11 is 0. The number of carbonyl (C=O) groups excluding carboxylic acids is 1. The van der Waals surface area contributed by atoms with Gasteiger partial charge in [-0.15, -0.1) is 0 Å². The van der Waals surface area contributed by atoms with Crippen LogP contribution in [0.15, 0.2) is 6.33 Å². The van der Waals surface area contributed by atoms with E-state index < -0.39 is 0 Å². The molecule has 0 aliphatic carbocycles. The maximum absolute atomic E-state index is 11.2. The lowest BCUT2D eigenvalue weighted by Gasteiger charge is -2.00. The molecule has 0 aliphatic rings. The Morgan fingerprint density at radius 1 is 1.62 bits per heavy atom. The highest BCUT2D eigenvalue weighted by Crippen LogP contribution is 1.92. The van der Waals surface area contributed by atoms with Crippen molar-refractivity contribution < 1.29 is 4.79 Å². The molecule has 0 saturated carbocycles. The average molecular weight is 182 g/mol. The largest absolute Gasteiger partial charge is 0.349 e. The van der Waals surface area contributed by atoms with Gasteiger partial charge in [0.2, 0.25) is 5.82 Å². The fraction of sp³-hybridized carbons (Fsp3) is 0.625. The molecule has 0 unspecified atom stereocenters. The minimum atomic E-state index is -0.186. The molecule has 2 N–H and O–H groups in total. The van der Waals surface area contributed by atoms with Crippen LogP contribution in [0.4, 0.5) is 0 Å². The maximum Gasteiger partial charge on any atom is 0.288 e. The lowest BCUT2D eigenvalue weighted by atomic mass is 10.2. The van der Waals surface area contributed by atoms with Crippen molar-refractivity contribution in [2.24, 2.45) is 0 Å². The Hall–Kier alpha value is -1.39. The summed E-state index contributed by atoms with van der Waals surface area (Å²) in [7, 11) is 0. The van der Waals surface area contributed by atoms with Crippen LogP contribution in [0.1, 0.15) is 36.8 Å². The van der Waals surface area contributed by atoms with Gasteiger partial charge in [0.05, 0.1) is 0 Å². The third kappa shape index (κ3) is 3.23. The van der Waals surface area contributed by atoms with Gasteiger partial charge in [0.25, 0.3) is 5.91 Å². The Balaban J connectivity index is 2.19. The molecule has 5 nitrogen and oxygen atoms in total. The third-order valence-electron chi connectivity index (χ3n) is 1.70. The smallest absolute Gasteiger partial charge is 0.288 e. The number of unbranched alkanes of at least 4 members (excludes halogenated alkanes) is 2. The van der Waals surface area contributed by atoms with Gasteiger partial charge in [0, 0.05) is 6.54 Å². The number of hydrogen-bond acceptors (Lipinski definition) is 3. The summed E-state index contributed by atoms with van der Waals surface area (Å²) in [5.74, 6) is 0.0881. The second kappa shape index (κ2) is 5.29. The average Bonchev–Trinajstić information content (AvgIpc) is 2.65. The van der Waals surface area contributed by atoms with E-state index in [0.717, 1.165) is 19.3 Å². The normalized spacial score (nSPS) is 9.92. The molecule has 1 aromatic rings. The van der Waals surface area contributed by atoms with E-state index in [9.17, 15) is 4.79 Å². The molecule has 0 aliphatic heterocycles. The van der Waals surface area contributed by atoms with Crippen LogP contribution in [-0.2, 0) is 0 Å². The number of amides is 1. The Kier molecular flexibility index (Phi) is 3.95. The lowest BCUT2D eigenvalue weighted by molar-refractivity contribution is 0.0943. The highest BCUT2D eigenvalue weighted by atomic mass is 16.2. The van der Waals surface area contributed by atoms with E-state index in [-0.39, 0.29) is 11.7 Å². The molecule has 1 amide bonds. The summed E-state index contributed by atoms with van der Waals surface area (Å²) in [5, 5.41) is 8.84. The second-order valence-electron chi connectivity index (χ2n) is 2.80. The van der Waals surface area contributed by atoms with Crippen molar-refractivity contribution >= 4 is 5.91 Å². The van der Waals surface area contributed by atoms with Gasteiger partial charge >= 0.3 is 0 Å². The van der Waals surface area contributed by atoms with Crippen molar-refractivity contribution in [2.75, 3.05) is 6.54 Å². The van der Waals surface area contributed by atoms with Crippen molar-refractivity contribution in [1.82, 2.24) is 20.5 Å². The first-order valence-corrected chi connectivity index (χ1v) is 4.48. The summed E-state index contributed by atoms with van der Waals surface area (Å²) < 4.78 is 0. The number of aromatic amines is 1. The first-order valence-electron chi connectivity index (χ1n) is 4.48. The van der Waals surface area contributed by atoms with E-state index in [2.05, 4.69) is 27.4 Å². The molecule has 0 atom stereocenters. The van der Waals surface area contributed by atoms with E-state index in [1.807, 2.05) is 0 Å². The van der Waals surface area contributed by atoms with Gasteiger partial charge in [-0.1, -0.05) is 19.8 Å². The molecule has 1 rings (SSSR count). The van der Waals surface area contributed by atoms with Crippen LogP contribution in [0.5, 0.6) is 0 Å². The van der Waals surface area contributed by atoms with Crippen LogP contribution in [-0.4, -0.2) is 27.6 Å². The van der Waals surface area contributed by atoms with Crippen LogP contribution in [0.2, 0.25) is 0 Å². The number of hydrogen-bond donors (Lipinski definition) is 2. The zero-order valence-corrected chi connectivity index (χ0v) is 7.71. The van der Waals surface area contributed by atoms with E-state index in [1.165, 1.54) is 6.33 Å². The quantitative estimate of drug-likeness (QED) is 0.659. The maximum atomic E-state index is 11.2. The number of rotatable bonds is 5. The van der Waals surface area contributed by atoms with Crippen molar-refractivity contribution in [3.8, 4) is 0 Å². The van der Waals surface area contributed by atoms with Crippen LogP contribution >= 0.6 is 0 Å².